The molecule has 0 aliphatic rings. The maximum absolute atomic E-state index is 13.2. The van der Waals surface area contributed by atoms with E-state index in [1.807, 2.05) is 13.8 Å². The van der Waals surface area contributed by atoms with E-state index in [4.69, 9.17) is 0 Å². The van der Waals surface area contributed by atoms with Crippen LogP contribution in [-0.4, -0.2) is 24.9 Å². The van der Waals surface area contributed by atoms with Crippen LogP contribution in [0.2, 0.25) is 0 Å². The second kappa shape index (κ2) is 7.38. The standard InChI is InChI=1S/C14H18BrFN2O2/c1-8(2)6-12(14(20)17-3)18-13(19)10-7-9(16)4-5-11(10)15/h4-5,7-8,12H,6H2,1-3H3,(H,17,20)(H,18,19). The minimum absolute atomic E-state index is 0.169. The molecule has 0 heterocycles. The highest BCUT2D eigenvalue weighted by atomic mass is 79.9. The lowest BCUT2D eigenvalue weighted by Crippen LogP contribution is -2.46. The smallest absolute Gasteiger partial charge is 0.253 e. The predicted molar refractivity (Wildman–Crippen MR) is 78.9 cm³/mol. The Morgan fingerprint density at radius 2 is 2.00 bits per heavy atom. The first-order valence-corrected chi connectivity index (χ1v) is 7.12. The molecule has 2 amide bonds. The van der Waals surface area contributed by atoms with E-state index in [0.717, 1.165) is 6.07 Å². The van der Waals surface area contributed by atoms with E-state index in [-0.39, 0.29) is 17.4 Å². The normalized spacial score (nSPS) is 12.1. The predicted octanol–water partition coefficient (Wildman–Crippen LogP) is 2.48. The van der Waals surface area contributed by atoms with Crippen LogP contribution in [0.4, 0.5) is 4.39 Å². The van der Waals surface area contributed by atoms with E-state index in [1.54, 1.807) is 0 Å². The molecule has 0 saturated carbocycles. The van der Waals surface area contributed by atoms with Gasteiger partial charge in [-0.3, -0.25) is 9.59 Å². The van der Waals surface area contributed by atoms with Crippen LogP contribution in [0.25, 0.3) is 0 Å². The Balaban J connectivity index is 2.90. The molecule has 0 bridgehead atoms. The summed E-state index contributed by atoms with van der Waals surface area (Å²) >= 11 is 3.20. The molecular formula is C14H18BrFN2O2. The average molecular weight is 345 g/mol. The number of carbonyl (C=O) groups excluding carboxylic acids is 2. The monoisotopic (exact) mass is 344 g/mol. The Bertz CT molecular complexity index is 506. The number of amides is 2. The van der Waals surface area contributed by atoms with Gasteiger partial charge in [0.1, 0.15) is 11.9 Å². The van der Waals surface area contributed by atoms with Crippen LogP contribution in [0, 0.1) is 11.7 Å². The van der Waals surface area contributed by atoms with Crippen molar-refractivity contribution < 1.29 is 14.0 Å². The fourth-order valence-electron chi connectivity index (χ4n) is 1.78. The SMILES string of the molecule is CNC(=O)C(CC(C)C)NC(=O)c1cc(F)ccc1Br. The summed E-state index contributed by atoms with van der Waals surface area (Å²) in [7, 11) is 1.51. The van der Waals surface area contributed by atoms with Gasteiger partial charge in [0, 0.05) is 11.5 Å². The maximum atomic E-state index is 13.2. The zero-order valence-corrected chi connectivity index (χ0v) is 13.3. The molecule has 0 saturated heterocycles. The molecular weight excluding hydrogens is 327 g/mol. The van der Waals surface area contributed by atoms with Gasteiger partial charge in [0.05, 0.1) is 5.56 Å². The van der Waals surface area contributed by atoms with Crippen LogP contribution in [-0.2, 0) is 4.79 Å². The molecule has 0 aromatic heterocycles. The lowest BCUT2D eigenvalue weighted by atomic mass is 10.0. The maximum Gasteiger partial charge on any atom is 0.253 e. The van der Waals surface area contributed by atoms with E-state index < -0.39 is 17.8 Å². The fourth-order valence-corrected chi connectivity index (χ4v) is 2.21. The number of nitrogens with one attached hydrogen (secondary N) is 2. The molecule has 1 atom stereocenters. The molecule has 1 rings (SSSR count). The molecule has 4 nitrogen and oxygen atoms in total. The summed E-state index contributed by atoms with van der Waals surface area (Å²) in [6.07, 6.45) is 0.512. The first-order valence-electron chi connectivity index (χ1n) is 6.32. The highest BCUT2D eigenvalue weighted by molar-refractivity contribution is 9.10. The van der Waals surface area contributed by atoms with Gasteiger partial charge in [-0.05, 0) is 46.5 Å². The van der Waals surface area contributed by atoms with Crippen molar-refractivity contribution in [1.82, 2.24) is 10.6 Å². The number of benzene rings is 1. The fraction of sp³-hybridized carbons (Fsp3) is 0.429. The van der Waals surface area contributed by atoms with E-state index in [0.29, 0.717) is 10.9 Å². The topological polar surface area (TPSA) is 58.2 Å². The third-order valence-corrected chi connectivity index (χ3v) is 3.44. The molecule has 1 aromatic rings. The quantitative estimate of drug-likeness (QED) is 0.861. The molecule has 1 aromatic carbocycles. The summed E-state index contributed by atoms with van der Waals surface area (Å²) in [5.74, 6) is -1.00. The van der Waals surface area contributed by atoms with Crippen molar-refractivity contribution >= 4 is 27.7 Å². The van der Waals surface area contributed by atoms with Crippen LogP contribution < -0.4 is 10.6 Å². The molecule has 0 radical (unpaired) electrons. The largest absolute Gasteiger partial charge is 0.357 e. The van der Waals surface area contributed by atoms with E-state index in [2.05, 4.69) is 26.6 Å². The van der Waals surface area contributed by atoms with Gasteiger partial charge >= 0.3 is 0 Å². The number of hydrogen-bond acceptors (Lipinski definition) is 2. The Labute approximate surface area is 126 Å². The molecule has 0 spiro atoms. The van der Waals surface area contributed by atoms with E-state index in [9.17, 15) is 14.0 Å². The molecule has 2 N–H and O–H groups in total. The number of carbonyl (C=O) groups is 2. The van der Waals surface area contributed by atoms with Crippen molar-refractivity contribution in [3.05, 3.63) is 34.1 Å². The number of halogens is 2. The molecule has 20 heavy (non-hydrogen) atoms. The van der Waals surface area contributed by atoms with Crippen molar-refractivity contribution in [3.63, 3.8) is 0 Å². The van der Waals surface area contributed by atoms with Gasteiger partial charge in [0.25, 0.3) is 5.91 Å². The van der Waals surface area contributed by atoms with Crippen molar-refractivity contribution in [2.24, 2.45) is 5.92 Å². The van der Waals surface area contributed by atoms with Crippen LogP contribution >= 0.6 is 15.9 Å². The molecule has 0 aliphatic heterocycles. The Morgan fingerprint density at radius 3 is 2.55 bits per heavy atom. The highest BCUT2D eigenvalue weighted by Gasteiger charge is 2.22. The summed E-state index contributed by atoms with van der Waals surface area (Å²) in [6.45, 7) is 3.92. The van der Waals surface area contributed by atoms with Gasteiger partial charge in [-0.2, -0.15) is 0 Å². The Morgan fingerprint density at radius 1 is 1.35 bits per heavy atom. The highest BCUT2D eigenvalue weighted by Crippen LogP contribution is 2.18. The summed E-state index contributed by atoms with van der Waals surface area (Å²) in [5, 5.41) is 5.15. The third kappa shape index (κ3) is 4.59. The lowest BCUT2D eigenvalue weighted by Gasteiger charge is -2.19. The van der Waals surface area contributed by atoms with Crippen molar-refractivity contribution in [2.45, 2.75) is 26.3 Å². The minimum Gasteiger partial charge on any atom is -0.357 e. The first kappa shape index (κ1) is 16.6. The van der Waals surface area contributed by atoms with Crippen LogP contribution in [0.15, 0.2) is 22.7 Å². The molecule has 6 heteroatoms. The van der Waals surface area contributed by atoms with Crippen LogP contribution in [0.3, 0.4) is 0 Å². The van der Waals surface area contributed by atoms with Crippen molar-refractivity contribution in [2.75, 3.05) is 7.05 Å². The molecule has 0 fully saturated rings. The third-order valence-electron chi connectivity index (χ3n) is 2.75. The summed E-state index contributed by atoms with van der Waals surface area (Å²) in [6, 6.07) is 3.21. The van der Waals surface area contributed by atoms with Gasteiger partial charge in [-0.25, -0.2) is 4.39 Å². The number of rotatable bonds is 5. The second-order valence-electron chi connectivity index (χ2n) is 4.89. The summed E-state index contributed by atoms with van der Waals surface area (Å²) in [5.41, 5.74) is 0.169. The molecule has 0 aliphatic carbocycles. The number of likely N-dealkylation sites (N-methyl/N-ethyl adjacent to an activating group) is 1. The van der Waals surface area contributed by atoms with Gasteiger partial charge in [-0.1, -0.05) is 13.8 Å². The van der Waals surface area contributed by atoms with Gasteiger partial charge in [-0.15, -0.1) is 0 Å². The lowest BCUT2D eigenvalue weighted by molar-refractivity contribution is -0.122. The zero-order chi connectivity index (χ0) is 15.3. The second-order valence-corrected chi connectivity index (χ2v) is 5.75. The summed E-state index contributed by atoms with van der Waals surface area (Å²) < 4.78 is 13.7. The van der Waals surface area contributed by atoms with Gasteiger partial charge < -0.3 is 10.6 Å². The van der Waals surface area contributed by atoms with Gasteiger partial charge in [0.2, 0.25) is 5.91 Å². The van der Waals surface area contributed by atoms with Crippen molar-refractivity contribution in [3.8, 4) is 0 Å². The van der Waals surface area contributed by atoms with Crippen LogP contribution in [0.5, 0.6) is 0 Å². The van der Waals surface area contributed by atoms with E-state index in [1.165, 1.54) is 19.2 Å². The summed E-state index contributed by atoms with van der Waals surface area (Å²) in [4.78, 5) is 23.9. The zero-order valence-electron chi connectivity index (χ0n) is 11.7. The Kier molecular flexibility index (Phi) is 6.13. The number of hydrogen-bond donors (Lipinski definition) is 2. The van der Waals surface area contributed by atoms with Crippen LogP contribution in [0.1, 0.15) is 30.6 Å². The average Bonchev–Trinajstić information content (AvgIpc) is 2.39. The first-order chi connectivity index (χ1) is 9.35. The van der Waals surface area contributed by atoms with Crippen molar-refractivity contribution in [1.29, 1.82) is 0 Å². The minimum atomic E-state index is -0.636. The Hall–Kier alpha value is -1.43. The molecule has 1 unspecified atom stereocenters. The van der Waals surface area contributed by atoms with E-state index >= 15 is 0 Å². The molecule has 110 valence electrons. The van der Waals surface area contributed by atoms with Gasteiger partial charge in [0.15, 0.2) is 0 Å².